The van der Waals surface area contributed by atoms with Gasteiger partial charge in [0.05, 0.1) is 68.8 Å². The number of benzene rings is 10. The van der Waals surface area contributed by atoms with E-state index < -0.39 is 72.0 Å². The van der Waals surface area contributed by atoms with Gasteiger partial charge in [0.15, 0.2) is 29.5 Å². The zero-order chi connectivity index (χ0) is 73.2. The first-order valence-electron chi connectivity index (χ1n) is 34.9. The van der Waals surface area contributed by atoms with Gasteiger partial charge in [0.1, 0.15) is 100 Å². The Bertz CT molecular complexity index is 4640. The maximum atomic E-state index is 13.6. The van der Waals surface area contributed by atoms with Crippen LogP contribution in [0.1, 0.15) is 61.9 Å². The predicted molar refractivity (Wildman–Crippen MR) is 398 cm³/mol. The van der Waals surface area contributed by atoms with Crippen molar-refractivity contribution in [3.05, 3.63) is 335 Å². The Morgan fingerprint density at radius 2 is 0.755 bits per heavy atom. The van der Waals surface area contributed by atoms with E-state index >= 15 is 0 Å². The maximum absolute atomic E-state index is 13.6. The molecule has 4 N–H and O–H groups in total. The minimum absolute atomic E-state index is 0.0342. The lowest BCUT2D eigenvalue weighted by atomic mass is 9.77. The molecule has 2 aromatic heterocycles. The Labute approximate surface area is 615 Å². The van der Waals surface area contributed by atoms with Gasteiger partial charge in [-0.3, -0.25) is 4.57 Å². The lowest BCUT2D eigenvalue weighted by Gasteiger charge is -2.45. The van der Waals surface area contributed by atoms with E-state index in [1.807, 2.05) is 267 Å². The van der Waals surface area contributed by atoms with Gasteiger partial charge in [-0.05, 0) is 128 Å². The third kappa shape index (κ3) is 14.1. The van der Waals surface area contributed by atoms with Crippen molar-refractivity contribution in [1.29, 1.82) is 0 Å². The second kappa shape index (κ2) is 32.2. The summed E-state index contributed by atoms with van der Waals surface area (Å²) in [6.07, 6.45) is -10.1. The zero-order valence-corrected chi connectivity index (χ0v) is 59.4. The number of aliphatic hydroxyl groups is 3. The van der Waals surface area contributed by atoms with Gasteiger partial charge in [0.25, 0.3) is 0 Å². The Balaban J connectivity index is 0.888. The molecule has 20 nitrogen and oxygen atoms in total. The monoisotopic (exact) mass is 1430 g/mol. The van der Waals surface area contributed by atoms with Crippen molar-refractivity contribution < 1.29 is 72.2 Å². The summed E-state index contributed by atoms with van der Waals surface area (Å²) in [4.78, 5) is 14.9. The molecule has 0 unspecified atom stereocenters. The molecule has 2 aliphatic heterocycles. The summed E-state index contributed by atoms with van der Waals surface area (Å²) in [7, 11) is 9.68. The second-order valence-electron chi connectivity index (χ2n) is 25.8. The molecule has 4 heterocycles. The molecule has 2 saturated heterocycles. The quantitative estimate of drug-likeness (QED) is 0.0320. The van der Waals surface area contributed by atoms with E-state index in [9.17, 15) is 15.3 Å². The first-order chi connectivity index (χ1) is 51.9. The first kappa shape index (κ1) is 72.0. The SMILES string of the molecule is COc1ccc(C(Nc2ncnc3c2ncn3[C@@H]2O[C@H](COC(c3ccccc3)(c3ccc(OC)cc3)c3ccc(OC)cc3)[C@@H](O[C@H]3O[C@H](COC(c4ccccc4)(c4ccc(OC)cc4)c4ccc(OC)cc4)[C@@H](O)[C@H](O)[C@H]3OCc3ccccc3)[C@H]2O)(c2ccccc2)c2ccc(OC)cc2)cc1. The molecule has 0 aliphatic carbocycles. The molecule has 10 aromatic carbocycles. The van der Waals surface area contributed by atoms with Gasteiger partial charge in [0.2, 0.25) is 0 Å². The van der Waals surface area contributed by atoms with Crippen molar-refractivity contribution in [3.8, 4) is 34.5 Å². The third-order valence-electron chi connectivity index (χ3n) is 20.0. The van der Waals surface area contributed by atoms with Crippen LogP contribution >= 0.6 is 0 Å². The number of ether oxygens (including phenoxy) is 12. The predicted octanol–water partition coefficient (Wildman–Crippen LogP) is 13.0. The van der Waals surface area contributed by atoms with Crippen LogP contribution in [0.4, 0.5) is 5.82 Å². The fraction of sp³-hybridized carbons (Fsp3) is 0.244. The molecule has 542 valence electrons. The molecule has 9 atom stereocenters. The highest BCUT2D eigenvalue weighted by Gasteiger charge is 2.54. The molecule has 0 bridgehead atoms. The van der Waals surface area contributed by atoms with Crippen LogP contribution in [0.2, 0.25) is 0 Å². The fourth-order valence-electron chi connectivity index (χ4n) is 14.5. The molecular formula is C86H83N5O15. The average Bonchev–Trinajstić information content (AvgIpc) is 1.15. The van der Waals surface area contributed by atoms with E-state index in [0.717, 1.165) is 44.5 Å². The molecule has 0 spiro atoms. The molecule has 20 heteroatoms. The summed E-state index contributed by atoms with van der Waals surface area (Å²) in [6, 6.07) is 85.0. The lowest BCUT2D eigenvalue weighted by molar-refractivity contribution is -0.331. The number of hydrogen-bond acceptors (Lipinski definition) is 19. The standard InChI is InChI=1S/C86H83N5O15/c1-95-66-39-27-58(28-40-66)84(57-21-13-8-14-22-57,59-29-41-67(96-2)42-30-59)90-80-74-81(88-54-87-80)91(55-89-74)82-77(94)78(73(104-82)53-103-86(61-25-17-10-18-26-61,64-35-47-70(99-5)48-36-64)65-37-49-71(100-6)50-38-65)106-83-79(101-51-56-19-11-7-12-20-56)76(93)75(92)72(105-83)52-102-85(60-23-15-9-16-24-60,62-31-43-68(97-3)44-32-62)63-33-45-69(98-4)46-34-63/h7-50,54-55,72-73,75-79,82-83,92-94H,51-53H2,1-6H3,(H,87,88,90)/t72-,73-,75-,76+,77-,78-,79-,82-,83-/m1/s1. The number of aromatic nitrogens is 4. The van der Waals surface area contributed by atoms with Crippen LogP contribution in [0, 0.1) is 0 Å². The van der Waals surface area contributed by atoms with E-state index in [1.54, 1.807) is 53.6 Å². The average molecular weight is 1430 g/mol. The molecule has 2 aliphatic rings. The van der Waals surface area contributed by atoms with Crippen molar-refractivity contribution in [2.24, 2.45) is 0 Å². The van der Waals surface area contributed by atoms with Crippen molar-refractivity contribution in [3.63, 3.8) is 0 Å². The number of methoxy groups -OCH3 is 6. The molecular weight excluding hydrogens is 1340 g/mol. The zero-order valence-electron chi connectivity index (χ0n) is 59.4. The number of nitrogens with one attached hydrogen (secondary N) is 1. The number of rotatable bonds is 29. The van der Waals surface area contributed by atoms with Gasteiger partial charge >= 0.3 is 0 Å². The molecule has 2 fully saturated rings. The summed E-state index contributed by atoms with van der Waals surface area (Å²) in [6.45, 7) is -0.641. The van der Waals surface area contributed by atoms with Crippen molar-refractivity contribution >= 4 is 17.0 Å². The van der Waals surface area contributed by atoms with Crippen molar-refractivity contribution in [2.45, 2.75) is 78.6 Å². The van der Waals surface area contributed by atoms with Crippen LogP contribution in [0.25, 0.3) is 11.2 Å². The van der Waals surface area contributed by atoms with E-state index in [-0.39, 0.29) is 25.5 Å². The molecule has 106 heavy (non-hydrogen) atoms. The molecule has 0 amide bonds. The number of imidazole rings is 1. The normalized spacial score (nSPS) is 19.7. The topological polar surface area (TPSA) is 227 Å². The van der Waals surface area contributed by atoms with Crippen molar-refractivity contribution in [1.82, 2.24) is 19.5 Å². The van der Waals surface area contributed by atoms with Gasteiger partial charge in [-0.1, -0.05) is 194 Å². The number of hydrogen-bond donors (Lipinski definition) is 4. The third-order valence-corrected chi connectivity index (χ3v) is 20.0. The number of fused-ring (bicyclic) bond motifs is 1. The summed E-state index contributed by atoms with van der Waals surface area (Å²) in [5.41, 5.74) is 4.43. The highest BCUT2D eigenvalue weighted by atomic mass is 16.7. The van der Waals surface area contributed by atoms with Gasteiger partial charge in [-0.2, -0.15) is 0 Å². The highest BCUT2D eigenvalue weighted by Crippen LogP contribution is 2.48. The maximum Gasteiger partial charge on any atom is 0.187 e. The summed E-state index contributed by atoms with van der Waals surface area (Å²) in [5, 5.41) is 42.9. The number of aliphatic hydroxyl groups excluding tert-OH is 3. The van der Waals surface area contributed by atoms with E-state index in [4.69, 9.17) is 71.8 Å². The van der Waals surface area contributed by atoms with Gasteiger partial charge in [0, 0.05) is 0 Å². The molecule has 0 radical (unpaired) electrons. The fourth-order valence-corrected chi connectivity index (χ4v) is 14.5. The number of anilines is 1. The summed E-state index contributed by atoms with van der Waals surface area (Å²) >= 11 is 0. The minimum Gasteiger partial charge on any atom is -0.497 e. The van der Waals surface area contributed by atoms with Gasteiger partial charge in [-0.25, -0.2) is 15.0 Å². The van der Waals surface area contributed by atoms with Crippen LogP contribution in [0.3, 0.4) is 0 Å². The molecule has 14 rings (SSSR count). The van der Waals surface area contributed by atoms with Gasteiger partial charge < -0.3 is 77.5 Å². The van der Waals surface area contributed by atoms with E-state index in [1.165, 1.54) is 6.33 Å². The second-order valence-corrected chi connectivity index (χ2v) is 25.8. The van der Waals surface area contributed by atoms with Crippen LogP contribution in [-0.4, -0.2) is 140 Å². The van der Waals surface area contributed by atoms with Crippen LogP contribution in [0.15, 0.2) is 280 Å². The Hall–Kier alpha value is -11.0. The molecule has 12 aromatic rings. The summed E-state index contributed by atoms with van der Waals surface area (Å²) < 4.78 is 79.1. The molecule has 0 saturated carbocycles. The van der Waals surface area contributed by atoms with Crippen LogP contribution in [0.5, 0.6) is 34.5 Å². The smallest absolute Gasteiger partial charge is 0.187 e. The van der Waals surface area contributed by atoms with E-state index in [0.29, 0.717) is 57.0 Å². The lowest BCUT2D eigenvalue weighted by Crippen LogP contribution is -2.62. The first-order valence-corrected chi connectivity index (χ1v) is 34.9. The van der Waals surface area contributed by atoms with E-state index in [2.05, 4.69) is 5.32 Å². The van der Waals surface area contributed by atoms with Crippen LogP contribution < -0.4 is 33.7 Å². The highest BCUT2D eigenvalue weighted by molar-refractivity contribution is 5.84. The van der Waals surface area contributed by atoms with Crippen molar-refractivity contribution in [2.75, 3.05) is 61.2 Å². The minimum atomic E-state index is -1.68. The Kier molecular flexibility index (Phi) is 21.8. The van der Waals surface area contributed by atoms with Crippen LogP contribution in [-0.2, 0) is 51.8 Å². The largest absolute Gasteiger partial charge is 0.497 e. The Morgan fingerprint density at radius 3 is 1.17 bits per heavy atom. The number of nitrogens with zero attached hydrogens (tertiary/aromatic N) is 4. The van der Waals surface area contributed by atoms with Gasteiger partial charge in [-0.15, -0.1) is 0 Å². The summed E-state index contributed by atoms with van der Waals surface area (Å²) in [5.74, 6) is 4.18. The Morgan fingerprint density at radius 1 is 0.387 bits per heavy atom.